The Bertz CT molecular complexity index is 404. The van der Waals surface area contributed by atoms with E-state index in [1.54, 1.807) is 0 Å². The monoisotopic (exact) mass is 298 g/mol. The molecule has 0 radical (unpaired) electrons. The number of likely N-dealkylation sites (tertiary alicyclic amines) is 1. The lowest BCUT2D eigenvalue weighted by atomic mass is 9.54. The van der Waals surface area contributed by atoms with Gasteiger partial charge in [-0.2, -0.15) is 0 Å². The van der Waals surface area contributed by atoms with Gasteiger partial charge in [0.25, 0.3) is 0 Å². The molecule has 3 heterocycles. The smallest absolute Gasteiger partial charge is 0.0881 e. The topological polar surface area (TPSA) is 6.48 Å². The second-order valence-electron chi connectivity index (χ2n) is 8.64. The molecule has 3 atom stereocenters. The van der Waals surface area contributed by atoms with Crippen LogP contribution in [-0.4, -0.2) is 47.0 Å². The fourth-order valence-electron chi connectivity index (χ4n) is 5.99. The third-order valence-electron chi connectivity index (χ3n) is 7.16. The maximum Gasteiger partial charge on any atom is 0.0881 e. The van der Waals surface area contributed by atoms with Gasteiger partial charge in [-0.1, -0.05) is 20.8 Å². The van der Waals surface area contributed by atoms with Crippen molar-refractivity contribution in [2.24, 2.45) is 17.3 Å². The highest BCUT2D eigenvalue weighted by atomic mass is 35.5. The van der Waals surface area contributed by atoms with Crippen molar-refractivity contribution in [2.75, 3.05) is 20.6 Å². The highest BCUT2D eigenvalue weighted by Gasteiger charge is 2.66. The van der Waals surface area contributed by atoms with E-state index in [-0.39, 0.29) is 16.6 Å². The zero-order chi connectivity index (χ0) is 14.9. The molecule has 4 aliphatic rings. The molecular formula is C17H31ClN2. The Labute approximate surface area is 129 Å². The summed E-state index contributed by atoms with van der Waals surface area (Å²) in [4.78, 5) is 5.23. The van der Waals surface area contributed by atoms with E-state index in [1.807, 2.05) is 0 Å². The highest BCUT2D eigenvalue weighted by Crippen LogP contribution is 2.61. The number of hydrogen-bond donors (Lipinski definition) is 0. The molecule has 1 aliphatic carbocycles. The molecule has 0 amide bonds. The summed E-state index contributed by atoms with van der Waals surface area (Å²) in [5, 5.41) is 0. The third kappa shape index (κ3) is 1.65. The van der Waals surface area contributed by atoms with Gasteiger partial charge in [0.15, 0.2) is 0 Å². The van der Waals surface area contributed by atoms with Gasteiger partial charge >= 0.3 is 0 Å². The average molecular weight is 299 g/mol. The van der Waals surface area contributed by atoms with Gasteiger partial charge in [-0.25, -0.2) is 0 Å². The van der Waals surface area contributed by atoms with Crippen LogP contribution in [0.15, 0.2) is 0 Å². The number of alkyl halides is 1. The van der Waals surface area contributed by atoms with E-state index < -0.39 is 0 Å². The van der Waals surface area contributed by atoms with E-state index in [1.165, 1.54) is 32.2 Å². The maximum absolute atomic E-state index is 6.86. The van der Waals surface area contributed by atoms with Crippen molar-refractivity contribution in [3.8, 4) is 0 Å². The van der Waals surface area contributed by atoms with Crippen LogP contribution in [0.1, 0.15) is 53.4 Å². The van der Waals surface area contributed by atoms with Gasteiger partial charge in [0.05, 0.1) is 5.50 Å². The minimum Gasteiger partial charge on any atom is -0.298 e. The Morgan fingerprint density at radius 2 is 1.75 bits per heavy atom. The van der Waals surface area contributed by atoms with Crippen LogP contribution in [0.3, 0.4) is 0 Å². The first-order valence-corrected chi connectivity index (χ1v) is 8.70. The van der Waals surface area contributed by atoms with Gasteiger partial charge in [0, 0.05) is 17.6 Å². The van der Waals surface area contributed by atoms with E-state index in [0.717, 1.165) is 5.92 Å². The lowest BCUT2D eigenvalue weighted by Gasteiger charge is -2.66. The van der Waals surface area contributed by atoms with E-state index in [4.69, 9.17) is 11.6 Å². The molecule has 0 aromatic rings. The largest absolute Gasteiger partial charge is 0.298 e. The van der Waals surface area contributed by atoms with Crippen LogP contribution in [0.4, 0.5) is 0 Å². The molecule has 3 heteroatoms. The zero-order valence-electron chi connectivity index (χ0n) is 14.0. The minimum atomic E-state index is 0.214. The number of hydrogen-bond acceptors (Lipinski definition) is 2. The van der Waals surface area contributed by atoms with Crippen molar-refractivity contribution < 1.29 is 0 Å². The first-order valence-electron chi connectivity index (χ1n) is 8.26. The Hall–Kier alpha value is 0.210. The van der Waals surface area contributed by atoms with E-state index in [2.05, 4.69) is 51.6 Å². The number of nitrogens with zero attached hydrogens (tertiary/aromatic N) is 2. The second kappa shape index (κ2) is 4.36. The third-order valence-corrected chi connectivity index (χ3v) is 7.81. The molecular weight excluding hydrogens is 268 g/mol. The summed E-state index contributed by atoms with van der Waals surface area (Å²) in [7, 11) is 4.64. The van der Waals surface area contributed by atoms with Crippen LogP contribution in [0.25, 0.3) is 0 Å². The van der Waals surface area contributed by atoms with Crippen molar-refractivity contribution in [3.63, 3.8) is 0 Å². The van der Waals surface area contributed by atoms with Gasteiger partial charge in [-0.3, -0.25) is 9.80 Å². The van der Waals surface area contributed by atoms with Crippen molar-refractivity contribution in [1.82, 2.24) is 9.80 Å². The number of piperidine rings is 1. The maximum atomic E-state index is 6.86. The molecule has 3 aliphatic heterocycles. The minimum absolute atomic E-state index is 0.214. The van der Waals surface area contributed by atoms with Crippen molar-refractivity contribution in [3.05, 3.63) is 0 Å². The molecule has 2 nitrogen and oxygen atoms in total. The molecule has 2 unspecified atom stereocenters. The Kier molecular flexibility index (Phi) is 3.30. The number of likely N-dealkylation sites (N-methyl/N-ethyl adjacent to an activating group) is 2. The number of rotatable bonds is 1. The van der Waals surface area contributed by atoms with Crippen LogP contribution in [0.5, 0.6) is 0 Å². The first kappa shape index (κ1) is 15.1. The molecule has 0 N–H and O–H groups in total. The molecule has 4 fully saturated rings. The van der Waals surface area contributed by atoms with Crippen LogP contribution >= 0.6 is 11.6 Å². The molecule has 116 valence electrons. The van der Waals surface area contributed by atoms with Gasteiger partial charge in [-0.15, -0.1) is 11.6 Å². The molecule has 20 heavy (non-hydrogen) atoms. The van der Waals surface area contributed by atoms with Crippen LogP contribution in [-0.2, 0) is 0 Å². The molecule has 0 aromatic carbocycles. The van der Waals surface area contributed by atoms with Crippen molar-refractivity contribution in [1.29, 1.82) is 0 Å². The molecule has 2 bridgehead atoms. The van der Waals surface area contributed by atoms with Crippen LogP contribution in [0.2, 0.25) is 0 Å². The summed E-state index contributed by atoms with van der Waals surface area (Å²) in [6.45, 7) is 10.9. The van der Waals surface area contributed by atoms with Crippen LogP contribution in [0, 0.1) is 17.3 Å². The van der Waals surface area contributed by atoms with Gasteiger partial charge in [-0.05, 0) is 64.0 Å². The van der Waals surface area contributed by atoms with Gasteiger partial charge in [0.1, 0.15) is 0 Å². The zero-order valence-corrected chi connectivity index (χ0v) is 14.8. The van der Waals surface area contributed by atoms with Crippen molar-refractivity contribution >= 4 is 11.6 Å². The first-order chi connectivity index (χ1) is 9.18. The molecule has 0 aromatic heterocycles. The SMILES string of the molecule is CC[C@@]12CC(C)(C)CN(C)C1(C)C1CC(C1)C(Cl)N2C. The average Bonchev–Trinajstić information content (AvgIpc) is 2.40. The van der Waals surface area contributed by atoms with Crippen LogP contribution < -0.4 is 0 Å². The summed E-state index contributed by atoms with van der Waals surface area (Å²) in [6, 6.07) is 0. The quantitative estimate of drug-likeness (QED) is 0.537. The molecule has 0 spiro atoms. The number of halogens is 1. The summed E-state index contributed by atoms with van der Waals surface area (Å²) >= 11 is 6.86. The lowest BCUT2D eigenvalue weighted by molar-refractivity contribution is -0.140. The fraction of sp³-hybridized carbons (Fsp3) is 1.00. The van der Waals surface area contributed by atoms with Gasteiger partial charge in [0.2, 0.25) is 0 Å². The fourth-order valence-corrected chi connectivity index (χ4v) is 6.38. The molecule has 4 rings (SSSR count). The predicted molar refractivity (Wildman–Crippen MR) is 86.1 cm³/mol. The summed E-state index contributed by atoms with van der Waals surface area (Å²) < 4.78 is 0. The van der Waals surface area contributed by atoms with E-state index in [0.29, 0.717) is 11.3 Å². The Balaban J connectivity index is 2.14. The molecule has 1 saturated carbocycles. The Morgan fingerprint density at radius 1 is 1.15 bits per heavy atom. The highest BCUT2D eigenvalue weighted by molar-refractivity contribution is 6.20. The summed E-state index contributed by atoms with van der Waals surface area (Å²) in [5.41, 5.74) is 1.07. The van der Waals surface area contributed by atoms with E-state index in [9.17, 15) is 0 Å². The summed E-state index contributed by atoms with van der Waals surface area (Å²) in [5.74, 6) is 1.52. The lowest BCUT2D eigenvalue weighted by Crippen LogP contribution is -2.75. The van der Waals surface area contributed by atoms with Gasteiger partial charge < -0.3 is 0 Å². The summed E-state index contributed by atoms with van der Waals surface area (Å²) in [6.07, 6.45) is 5.10. The second-order valence-corrected chi connectivity index (χ2v) is 9.09. The standard InChI is InChI=1S/C17H31ClN2/c1-7-17-10-15(2,3)11-19(5)16(17,4)13-8-12(9-13)14(18)20(17)6/h12-14H,7-11H2,1-6H3/t12?,13?,14?,16?,17-/m1/s1. The van der Waals surface area contributed by atoms with Crippen molar-refractivity contribution in [2.45, 2.75) is 70.0 Å². The number of fused-ring (bicyclic) bond motifs is 1. The predicted octanol–water partition coefficient (Wildman–Crippen LogP) is 3.79. The Morgan fingerprint density at radius 3 is 2.30 bits per heavy atom. The normalized spacial score (nSPS) is 52.0. The molecule has 3 saturated heterocycles. The van der Waals surface area contributed by atoms with E-state index >= 15 is 0 Å².